The van der Waals surface area contributed by atoms with Crippen LogP contribution in [0.4, 0.5) is 0 Å². The summed E-state index contributed by atoms with van der Waals surface area (Å²) in [5, 5.41) is 0. The van der Waals surface area contributed by atoms with Gasteiger partial charge < -0.3 is 14.2 Å². The number of esters is 2. The Bertz CT molecular complexity index is 3280. The summed E-state index contributed by atoms with van der Waals surface area (Å²) in [4.78, 5) is 84.8. The number of ether oxygens (including phenoxy) is 3. The third kappa shape index (κ3) is 5.92. The normalized spacial score (nSPS) is 16.1. The molecule has 1 aliphatic heterocycles. The second kappa shape index (κ2) is 14.6. The SMILES string of the molecule is O=C1C(=O)c2ccccc2/C1=C/c1cc2sc3c(c2s1)OC(C(=O)OCc1ccccc1)(C(=O)OCc1ccccc1)c1c-3sc2cc(/C=C3\C(=O)C(=O)c4ccccc43)sc12. The Morgan fingerprint density at radius 1 is 0.516 bits per heavy atom. The molecule has 0 unspecified atom stereocenters. The van der Waals surface area contributed by atoms with Crippen LogP contribution in [0.5, 0.6) is 5.75 Å². The van der Waals surface area contributed by atoms with E-state index < -0.39 is 40.7 Å². The Balaban J connectivity index is 1.09. The molecule has 3 aliphatic rings. The summed E-state index contributed by atoms with van der Waals surface area (Å²) < 4.78 is 21.6. The zero-order valence-electron chi connectivity index (χ0n) is 31.9. The molecular weight excluding hydrogens is 861 g/mol. The van der Waals surface area contributed by atoms with E-state index in [0.29, 0.717) is 62.3 Å². The highest BCUT2D eigenvalue weighted by Gasteiger charge is 2.60. The van der Waals surface area contributed by atoms with Crippen LogP contribution in [0.1, 0.15) is 58.3 Å². The lowest BCUT2D eigenvalue weighted by molar-refractivity contribution is -0.183. The minimum atomic E-state index is -2.45. The summed E-state index contributed by atoms with van der Waals surface area (Å²) in [6.07, 6.45) is 3.37. The summed E-state index contributed by atoms with van der Waals surface area (Å²) >= 11 is 5.36. The number of allylic oxidation sites excluding steroid dienone is 2. The number of thiophene rings is 4. The first-order chi connectivity index (χ1) is 30.2. The molecule has 11 rings (SSSR count). The summed E-state index contributed by atoms with van der Waals surface area (Å²) in [6.45, 7) is -0.318. The first kappa shape index (κ1) is 38.1. The van der Waals surface area contributed by atoms with Crippen molar-refractivity contribution in [3.05, 3.63) is 170 Å². The second-order valence-electron chi connectivity index (χ2n) is 14.7. The molecule has 13 heteroatoms. The largest absolute Gasteiger partial charge is 0.457 e. The molecule has 0 saturated heterocycles. The van der Waals surface area contributed by atoms with E-state index in [1.807, 2.05) is 48.5 Å². The molecule has 4 aromatic heterocycles. The molecule has 0 spiro atoms. The highest BCUT2D eigenvalue weighted by atomic mass is 32.1. The van der Waals surface area contributed by atoms with Gasteiger partial charge in [-0.25, -0.2) is 9.59 Å². The Labute approximate surface area is 367 Å². The first-order valence-corrected chi connectivity index (χ1v) is 22.5. The standard InChI is InChI=1S/C49H26O9S4/c50-38-31-17-9-7-15-29(31)33(40(38)52)19-27-21-35-43(59-27)37-45(61-35)46-42(44-36(62-46)22-28(60-44)20-34-30-16-8-10-18-32(30)39(51)41(34)53)58-49(37,47(54)56-23-25-11-3-1-4-12-25)48(55)57-24-26-13-5-2-6-14-26/h1-22H,23-24H2/b33-19-,34-20-. The maximum Gasteiger partial charge on any atom is 0.367 e. The van der Waals surface area contributed by atoms with Crippen molar-refractivity contribution >= 4 is 123 Å². The van der Waals surface area contributed by atoms with Crippen LogP contribution in [0.15, 0.2) is 121 Å². The van der Waals surface area contributed by atoms with Crippen molar-refractivity contribution in [2.75, 3.05) is 0 Å². The average Bonchev–Trinajstić information content (AvgIpc) is 4.13. The van der Waals surface area contributed by atoms with E-state index in [-0.39, 0.29) is 35.7 Å². The van der Waals surface area contributed by atoms with Gasteiger partial charge >= 0.3 is 17.5 Å². The van der Waals surface area contributed by atoms with Gasteiger partial charge in [-0.3, -0.25) is 19.2 Å². The van der Waals surface area contributed by atoms with Gasteiger partial charge in [0.2, 0.25) is 23.1 Å². The van der Waals surface area contributed by atoms with Gasteiger partial charge in [0.15, 0.2) is 5.75 Å². The van der Waals surface area contributed by atoms with Crippen molar-refractivity contribution in [2.45, 2.75) is 18.8 Å². The Morgan fingerprint density at radius 2 is 0.952 bits per heavy atom. The van der Waals surface area contributed by atoms with Crippen LogP contribution < -0.4 is 4.74 Å². The topological polar surface area (TPSA) is 130 Å². The van der Waals surface area contributed by atoms with Crippen molar-refractivity contribution in [1.29, 1.82) is 0 Å². The molecular formula is C49H26O9S4. The molecule has 300 valence electrons. The number of carbonyl (C=O) groups excluding carboxylic acids is 6. The quantitative estimate of drug-likeness (QED) is 0.0633. The van der Waals surface area contributed by atoms with Gasteiger partial charge in [-0.05, 0) is 46.5 Å². The molecule has 2 aliphatic carbocycles. The molecule has 5 heterocycles. The summed E-state index contributed by atoms with van der Waals surface area (Å²) in [6, 6.07) is 35.7. The third-order valence-corrected chi connectivity index (χ3v) is 15.8. The highest BCUT2D eigenvalue weighted by molar-refractivity contribution is 7.35. The highest BCUT2D eigenvalue weighted by Crippen LogP contribution is 2.61. The molecule has 4 aromatic carbocycles. The molecule has 8 aromatic rings. The lowest BCUT2D eigenvalue weighted by Gasteiger charge is -2.33. The van der Waals surface area contributed by atoms with Crippen LogP contribution in [0.3, 0.4) is 0 Å². The zero-order valence-corrected chi connectivity index (χ0v) is 35.2. The smallest absolute Gasteiger partial charge is 0.367 e. The predicted molar refractivity (Wildman–Crippen MR) is 240 cm³/mol. The van der Waals surface area contributed by atoms with E-state index in [4.69, 9.17) is 14.2 Å². The van der Waals surface area contributed by atoms with Gasteiger partial charge in [-0.15, -0.1) is 45.3 Å². The maximum absolute atomic E-state index is 15.0. The molecule has 0 saturated carbocycles. The molecule has 9 nitrogen and oxygen atoms in total. The summed E-state index contributed by atoms with van der Waals surface area (Å²) in [5.74, 6) is -3.99. The van der Waals surface area contributed by atoms with Crippen LogP contribution in [0.25, 0.3) is 51.9 Å². The van der Waals surface area contributed by atoms with Crippen LogP contribution in [0, 0.1) is 0 Å². The van der Waals surface area contributed by atoms with Gasteiger partial charge in [0.1, 0.15) is 13.2 Å². The molecule has 62 heavy (non-hydrogen) atoms. The van der Waals surface area contributed by atoms with Crippen molar-refractivity contribution < 1.29 is 43.0 Å². The number of Topliss-reactive ketones (excluding diaryl/α,β-unsaturated/α-hetero) is 4. The summed E-state index contributed by atoms with van der Waals surface area (Å²) in [7, 11) is 0. The maximum atomic E-state index is 15.0. The number of rotatable bonds is 8. The van der Waals surface area contributed by atoms with Gasteiger partial charge in [-0.1, -0.05) is 109 Å². The predicted octanol–water partition coefficient (Wildman–Crippen LogP) is 10.6. The fourth-order valence-corrected chi connectivity index (χ4v) is 13.3. The molecule has 0 atom stereocenters. The van der Waals surface area contributed by atoms with E-state index >= 15 is 9.59 Å². The average molecular weight is 887 g/mol. The third-order valence-electron chi connectivity index (χ3n) is 10.9. The Hall–Kier alpha value is -6.90. The zero-order chi connectivity index (χ0) is 42.3. The van der Waals surface area contributed by atoms with Gasteiger partial charge in [-0.2, -0.15) is 0 Å². The van der Waals surface area contributed by atoms with Crippen molar-refractivity contribution in [3.63, 3.8) is 0 Å². The Kier molecular flexibility index (Phi) is 8.98. The molecule has 0 N–H and O–H groups in total. The first-order valence-electron chi connectivity index (χ1n) is 19.2. The van der Waals surface area contributed by atoms with Gasteiger partial charge in [0, 0.05) is 36.7 Å². The Morgan fingerprint density at radius 3 is 1.47 bits per heavy atom. The number of benzene rings is 4. The van der Waals surface area contributed by atoms with Crippen molar-refractivity contribution in [2.24, 2.45) is 0 Å². The van der Waals surface area contributed by atoms with Gasteiger partial charge in [0.25, 0.3) is 0 Å². The van der Waals surface area contributed by atoms with E-state index in [9.17, 15) is 19.2 Å². The van der Waals surface area contributed by atoms with Gasteiger partial charge in [0.05, 0.1) is 29.4 Å². The molecule has 0 fully saturated rings. The van der Waals surface area contributed by atoms with E-state index in [1.54, 1.807) is 84.9 Å². The van der Waals surface area contributed by atoms with Crippen LogP contribution in [-0.4, -0.2) is 35.1 Å². The monoisotopic (exact) mass is 886 g/mol. The molecule has 0 amide bonds. The van der Waals surface area contributed by atoms with E-state index in [0.717, 1.165) is 9.40 Å². The minimum Gasteiger partial charge on any atom is -0.457 e. The lowest BCUT2D eigenvalue weighted by Crippen LogP contribution is -2.52. The number of fused-ring (bicyclic) bond motifs is 9. The number of hydrogen-bond acceptors (Lipinski definition) is 13. The van der Waals surface area contributed by atoms with E-state index in [2.05, 4.69) is 0 Å². The number of hydrogen-bond donors (Lipinski definition) is 0. The van der Waals surface area contributed by atoms with Crippen LogP contribution in [0.2, 0.25) is 0 Å². The van der Waals surface area contributed by atoms with E-state index in [1.165, 1.54) is 45.3 Å². The number of ketones is 4. The van der Waals surface area contributed by atoms with Crippen molar-refractivity contribution in [1.82, 2.24) is 0 Å². The number of carbonyl (C=O) groups is 6. The van der Waals surface area contributed by atoms with Crippen LogP contribution >= 0.6 is 45.3 Å². The lowest BCUT2D eigenvalue weighted by atomic mass is 9.90. The molecule has 0 radical (unpaired) electrons. The summed E-state index contributed by atoms with van der Waals surface area (Å²) in [5.41, 5.74) is 1.55. The van der Waals surface area contributed by atoms with Crippen LogP contribution in [-0.2, 0) is 47.5 Å². The minimum absolute atomic E-state index is 0.159. The fraction of sp³-hybridized carbons (Fsp3) is 0.0612. The molecule has 0 bridgehead atoms. The fourth-order valence-electron chi connectivity index (χ4n) is 8.02. The van der Waals surface area contributed by atoms with Crippen molar-refractivity contribution in [3.8, 4) is 15.5 Å². The second-order valence-corrected chi connectivity index (χ2v) is 19.0.